The fourth-order valence-corrected chi connectivity index (χ4v) is 3.37. The predicted octanol–water partition coefficient (Wildman–Crippen LogP) is 2.25. The topological polar surface area (TPSA) is 77.6 Å². The van der Waals surface area contributed by atoms with Crippen molar-refractivity contribution in [2.45, 2.75) is 6.92 Å². The van der Waals surface area contributed by atoms with E-state index in [1.807, 2.05) is 41.5 Å². The van der Waals surface area contributed by atoms with Crippen LogP contribution in [0.4, 0.5) is 16.3 Å². The van der Waals surface area contributed by atoms with E-state index in [1.165, 1.54) is 11.3 Å². The van der Waals surface area contributed by atoms with Crippen LogP contribution < -0.4 is 15.5 Å². The predicted molar refractivity (Wildman–Crippen MR) is 99.4 cm³/mol. The number of urea groups is 1. The number of hydrogen-bond acceptors (Lipinski definition) is 5. The van der Waals surface area contributed by atoms with Crippen LogP contribution in [0.5, 0.6) is 0 Å². The molecule has 0 aromatic carbocycles. The van der Waals surface area contributed by atoms with Gasteiger partial charge in [-0.2, -0.15) is 0 Å². The number of anilines is 2. The first-order valence-electron chi connectivity index (χ1n) is 8.26. The first kappa shape index (κ1) is 17.2. The summed E-state index contributed by atoms with van der Waals surface area (Å²) in [5.74, 6) is 0.953. The summed E-state index contributed by atoms with van der Waals surface area (Å²) in [5.41, 5.74) is 0.654. The standard InChI is InChI=1S/C17H21N5O2S/c1-2-18-17(24)20-13-5-6-15(19-12-13)21-7-9-22(10-8-21)16(23)14-4-3-11-25-14/h3-6,11-12H,2,7-10H2,1H3,(H2,18,20,24). The van der Waals surface area contributed by atoms with Crippen LogP contribution in [-0.4, -0.2) is 54.5 Å². The fraction of sp³-hybridized carbons (Fsp3) is 0.353. The van der Waals surface area contributed by atoms with Crippen molar-refractivity contribution < 1.29 is 9.59 Å². The van der Waals surface area contributed by atoms with Gasteiger partial charge >= 0.3 is 6.03 Å². The minimum Gasteiger partial charge on any atom is -0.353 e. The number of rotatable bonds is 4. The third-order valence-corrected chi connectivity index (χ3v) is 4.82. The number of thiophene rings is 1. The molecule has 2 aromatic heterocycles. The van der Waals surface area contributed by atoms with Crippen LogP contribution in [0.2, 0.25) is 0 Å². The first-order valence-corrected chi connectivity index (χ1v) is 9.14. The molecule has 1 saturated heterocycles. The second kappa shape index (κ2) is 7.98. The van der Waals surface area contributed by atoms with Crippen molar-refractivity contribution in [2.75, 3.05) is 42.9 Å². The molecular formula is C17H21N5O2S. The van der Waals surface area contributed by atoms with Gasteiger partial charge in [0.2, 0.25) is 0 Å². The van der Waals surface area contributed by atoms with Gasteiger partial charge in [-0.15, -0.1) is 11.3 Å². The molecule has 1 aliphatic heterocycles. The van der Waals surface area contributed by atoms with E-state index < -0.39 is 0 Å². The summed E-state index contributed by atoms with van der Waals surface area (Å²) in [5, 5.41) is 7.32. The number of nitrogens with one attached hydrogen (secondary N) is 2. The molecule has 8 heteroatoms. The van der Waals surface area contributed by atoms with Crippen molar-refractivity contribution in [3.05, 3.63) is 40.7 Å². The second-order valence-corrected chi connectivity index (χ2v) is 6.59. The Bertz CT molecular complexity index is 709. The third-order valence-electron chi connectivity index (χ3n) is 3.97. The first-order chi connectivity index (χ1) is 12.2. The van der Waals surface area contributed by atoms with Gasteiger partial charge in [0.15, 0.2) is 0 Å². The maximum absolute atomic E-state index is 12.4. The van der Waals surface area contributed by atoms with Gasteiger partial charge in [-0.05, 0) is 30.5 Å². The van der Waals surface area contributed by atoms with E-state index >= 15 is 0 Å². The summed E-state index contributed by atoms with van der Waals surface area (Å²) in [7, 11) is 0. The van der Waals surface area contributed by atoms with Crippen LogP contribution >= 0.6 is 11.3 Å². The largest absolute Gasteiger partial charge is 0.353 e. The molecule has 2 N–H and O–H groups in total. The monoisotopic (exact) mass is 359 g/mol. The van der Waals surface area contributed by atoms with Crippen molar-refractivity contribution >= 4 is 34.8 Å². The smallest absolute Gasteiger partial charge is 0.319 e. The Morgan fingerprint density at radius 1 is 1.20 bits per heavy atom. The van der Waals surface area contributed by atoms with Crippen LogP contribution in [0.25, 0.3) is 0 Å². The Morgan fingerprint density at radius 2 is 2.00 bits per heavy atom. The zero-order valence-electron chi connectivity index (χ0n) is 14.1. The lowest BCUT2D eigenvalue weighted by molar-refractivity contribution is 0.0751. The molecule has 0 bridgehead atoms. The van der Waals surface area contributed by atoms with Crippen LogP contribution in [0, 0.1) is 0 Å². The quantitative estimate of drug-likeness (QED) is 0.878. The van der Waals surface area contributed by atoms with Gasteiger partial charge in [0.25, 0.3) is 5.91 Å². The van der Waals surface area contributed by atoms with Crippen molar-refractivity contribution in [1.29, 1.82) is 0 Å². The third kappa shape index (κ3) is 4.27. The summed E-state index contributed by atoms with van der Waals surface area (Å²) in [6.07, 6.45) is 1.65. The van der Waals surface area contributed by atoms with E-state index in [9.17, 15) is 9.59 Å². The highest BCUT2D eigenvalue weighted by molar-refractivity contribution is 7.12. The van der Waals surface area contributed by atoms with Gasteiger partial charge in [0.05, 0.1) is 16.8 Å². The van der Waals surface area contributed by atoms with E-state index in [2.05, 4.69) is 20.5 Å². The number of carbonyl (C=O) groups is 2. The average molecular weight is 359 g/mol. The number of pyridine rings is 1. The summed E-state index contributed by atoms with van der Waals surface area (Å²) < 4.78 is 0. The molecule has 3 rings (SSSR count). The summed E-state index contributed by atoms with van der Waals surface area (Å²) in [4.78, 5) is 33.1. The molecule has 0 saturated carbocycles. The number of nitrogens with zero attached hydrogens (tertiary/aromatic N) is 3. The zero-order valence-corrected chi connectivity index (χ0v) is 14.9. The molecular weight excluding hydrogens is 338 g/mol. The van der Waals surface area contributed by atoms with Crippen LogP contribution in [0.15, 0.2) is 35.8 Å². The van der Waals surface area contributed by atoms with Gasteiger partial charge in [0, 0.05) is 32.7 Å². The average Bonchev–Trinajstić information content (AvgIpc) is 3.17. The van der Waals surface area contributed by atoms with Crippen molar-refractivity contribution in [1.82, 2.24) is 15.2 Å². The minimum absolute atomic E-state index is 0.101. The molecule has 0 aliphatic carbocycles. The Morgan fingerprint density at radius 3 is 2.60 bits per heavy atom. The Balaban J connectivity index is 1.54. The van der Waals surface area contributed by atoms with E-state index in [0.717, 1.165) is 23.8 Å². The normalized spacial score (nSPS) is 14.3. The highest BCUT2D eigenvalue weighted by Crippen LogP contribution is 2.18. The number of carbonyl (C=O) groups excluding carboxylic acids is 2. The SMILES string of the molecule is CCNC(=O)Nc1ccc(N2CCN(C(=O)c3cccs3)CC2)nc1. The number of hydrogen-bond donors (Lipinski definition) is 2. The second-order valence-electron chi connectivity index (χ2n) is 5.65. The molecule has 3 amide bonds. The maximum Gasteiger partial charge on any atom is 0.319 e. The molecule has 2 aromatic rings. The number of aromatic nitrogens is 1. The molecule has 1 fully saturated rings. The van der Waals surface area contributed by atoms with E-state index in [4.69, 9.17) is 0 Å². The highest BCUT2D eigenvalue weighted by atomic mass is 32.1. The van der Waals surface area contributed by atoms with Crippen molar-refractivity contribution in [3.63, 3.8) is 0 Å². The molecule has 1 aliphatic rings. The van der Waals surface area contributed by atoms with Gasteiger partial charge in [-0.3, -0.25) is 4.79 Å². The van der Waals surface area contributed by atoms with Crippen LogP contribution in [0.1, 0.15) is 16.6 Å². The highest BCUT2D eigenvalue weighted by Gasteiger charge is 2.23. The Hall–Kier alpha value is -2.61. The molecule has 0 radical (unpaired) electrons. The summed E-state index contributed by atoms with van der Waals surface area (Å²) >= 11 is 1.47. The lowest BCUT2D eigenvalue weighted by atomic mass is 10.2. The van der Waals surface area contributed by atoms with E-state index in [0.29, 0.717) is 25.3 Å². The lowest BCUT2D eigenvalue weighted by Gasteiger charge is -2.35. The summed E-state index contributed by atoms with van der Waals surface area (Å²) in [6, 6.07) is 7.24. The molecule has 0 unspecified atom stereocenters. The van der Waals surface area contributed by atoms with Crippen LogP contribution in [-0.2, 0) is 0 Å². The zero-order chi connectivity index (χ0) is 17.6. The van der Waals surface area contributed by atoms with Gasteiger partial charge in [-0.1, -0.05) is 6.07 Å². The van der Waals surface area contributed by atoms with Gasteiger partial charge in [-0.25, -0.2) is 9.78 Å². The van der Waals surface area contributed by atoms with Gasteiger partial charge < -0.3 is 20.4 Å². The molecule has 7 nitrogen and oxygen atoms in total. The number of amides is 3. The van der Waals surface area contributed by atoms with E-state index in [-0.39, 0.29) is 11.9 Å². The lowest BCUT2D eigenvalue weighted by Crippen LogP contribution is -2.48. The molecule has 25 heavy (non-hydrogen) atoms. The van der Waals surface area contributed by atoms with Crippen LogP contribution in [0.3, 0.4) is 0 Å². The van der Waals surface area contributed by atoms with Crippen molar-refractivity contribution in [2.24, 2.45) is 0 Å². The Labute approximate surface area is 150 Å². The molecule has 0 spiro atoms. The minimum atomic E-state index is -0.238. The molecule has 0 atom stereocenters. The van der Waals surface area contributed by atoms with E-state index in [1.54, 1.807) is 6.20 Å². The number of piperazine rings is 1. The molecule has 132 valence electrons. The summed E-state index contributed by atoms with van der Waals surface area (Å²) in [6.45, 7) is 5.28. The fourth-order valence-electron chi connectivity index (χ4n) is 2.68. The van der Waals surface area contributed by atoms with Crippen molar-refractivity contribution in [3.8, 4) is 0 Å². The van der Waals surface area contributed by atoms with Gasteiger partial charge in [0.1, 0.15) is 5.82 Å². The Kier molecular flexibility index (Phi) is 5.49. The molecule has 3 heterocycles. The maximum atomic E-state index is 12.4.